The fourth-order valence-electron chi connectivity index (χ4n) is 0. The van der Waals surface area contributed by atoms with E-state index in [9.17, 15) is 0 Å². The van der Waals surface area contributed by atoms with E-state index in [0.29, 0.717) is 0 Å². The van der Waals surface area contributed by atoms with Crippen molar-refractivity contribution in [2.24, 2.45) is 0 Å². The van der Waals surface area contributed by atoms with Crippen molar-refractivity contribution in [3.63, 3.8) is 0 Å². The predicted octanol–water partition coefficient (Wildman–Crippen LogP) is -5.22. The van der Waals surface area contributed by atoms with Gasteiger partial charge in [0.05, 0.1) is 0 Å². The zero-order valence-electron chi connectivity index (χ0n) is 9.99. The molecule has 0 aromatic rings. The van der Waals surface area contributed by atoms with Crippen molar-refractivity contribution in [3.05, 3.63) is 52.6 Å². The summed E-state index contributed by atoms with van der Waals surface area (Å²) in [6.07, 6.45) is 0. The van der Waals surface area contributed by atoms with Gasteiger partial charge >= 0.3 is 103 Å². The molecule has 0 atom stereocenters. The summed E-state index contributed by atoms with van der Waals surface area (Å²) in [5.41, 5.74) is 0. The van der Waals surface area contributed by atoms with Crippen LogP contribution in [-0.2, 0) is 21.1 Å². The van der Waals surface area contributed by atoms with Gasteiger partial charge in [-0.15, -0.1) is 0 Å². The molecule has 0 unspecified atom stereocenters. The van der Waals surface area contributed by atoms with E-state index in [1.54, 1.807) is 0 Å². The van der Waals surface area contributed by atoms with Crippen LogP contribution >= 0.6 is 0 Å². The van der Waals surface area contributed by atoms with Crippen molar-refractivity contribution in [2.75, 3.05) is 0 Å². The van der Waals surface area contributed by atoms with E-state index in [0.717, 1.165) is 0 Å². The average Bonchev–Trinajstić information content (AvgIpc) is 2.54. The Bertz CT molecular complexity index is 141. The molecule has 0 radical (unpaired) electrons. The molecular formula is C8K2MoN8-6. The van der Waals surface area contributed by atoms with Crippen LogP contribution in [0.25, 0.3) is 0 Å². The molecule has 86 valence electrons. The van der Waals surface area contributed by atoms with E-state index < -0.39 is 0 Å². The first kappa shape index (κ1) is 97.2. The molecule has 0 fully saturated rings. The number of hydrogen-bond donors (Lipinski definition) is 0. The molecule has 0 saturated carbocycles. The fraction of sp³-hybridized carbons (Fsp3) is 0. The van der Waals surface area contributed by atoms with Crippen molar-refractivity contribution in [1.82, 2.24) is 0 Å². The first-order valence-corrected chi connectivity index (χ1v) is 1.79. The van der Waals surface area contributed by atoms with Gasteiger partial charge in [-0.2, -0.15) is 0 Å². The van der Waals surface area contributed by atoms with Crippen LogP contribution in [0, 0.1) is 94.7 Å². The first-order valence-electron chi connectivity index (χ1n) is 1.79. The van der Waals surface area contributed by atoms with Crippen molar-refractivity contribution in [1.29, 1.82) is 42.1 Å². The molecule has 11 heteroatoms. The molecule has 0 saturated heterocycles. The summed E-state index contributed by atoms with van der Waals surface area (Å²) in [5, 5.41) is 50.0. The van der Waals surface area contributed by atoms with Gasteiger partial charge in [0.15, 0.2) is 0 Å². The second-order valence-electron chi connectivity index (χ2n) is 0. The second-order valence-corrected chi connectivity index (χ2v) is 0. The van der Waals surface area contributed by atoms with E-state index in [1.807, 2.05) is 0 Å². The molecule has 0 aliphatic rings. The molecule has 0 aromatic heterocycles. The van der Waals surface area contributed by atoms with Crippen molar-refractivity contribution in [2.45, 2.75) is 0 Å². The van der Waals surface area contributed by atoms with Crippen LogP contribution in [0.5, 0.6) is 0 Å². The topological polar surface area (TPSA) is 190 Å². The molecular weight excluding hydrogens is 382 g/mol. The Kier molecular flexibility index (Phi) is 1840000. The van der Waals surface area contributed by atoms with Gasteiger partial charge in [-0.1, -0.05) is 0 Å². The van der Waals surface area contributed by atoms with E-state index in [2.05, 4.69) is 0 Å². The molecule has 0 aromatic carbocycles. The molecule has 0 rings (SSSR count). The Labute approximate surface area is 214 Å². The zero-order chi connectivity index (χ0) is 16.0. The molecule has 19 heavy (non-hydrogen) atoms. The van der Waals surface area contributed by atoms with E-state index in [-0.39, 0.29) is 124 Å². The van der Waals surface area contributed by atoms with E-state index in [1.165, 1.54) is 0 Å². The quantitative estimate of drug-likeness (QED) is 0.293. The Morgan fingerprint density at radius 3 is 0.263 bits per heavy atom. The SMILES string of the molecule is [C-]#N.[C-]#N.[C-]#N.[C-]#N.[C-]#N.[C-]#N.[C-]#N.[C-]#N.[K+].[K+].[Mo]. The normalized spacial score (nSPS) is 0.842. The third-order valence-corrected chi connectivity index (χ3v) is 0. The number of nitrogens with zero attached hydrogens (tertiary/aromatic N) is 8. The maximum absolute atomic E-state index is 6.25. The predicted molar refractivity (Wildman–Crippen MR) is 39.7 cm³/mol. The zero-order valence-corrected chi connectivity index (χ0v) is 18.2. The van der Waals surface area contributed by atoms with Gasteiger partial charge in [0.1, 0.15) is 0 Å². The standard InChI is InChI=1S/8CN.2K.Mo/c8*1-2;;;/q8*-1;2*+1;. The van der Waals surface area contributed by atoms with Gasteiger partial charge in [-0.25, -0.2) is 0 Å². The maximum atomic E-state index is 6.25. The molecule has 0 spiro atoms. The monoisotopic (exact) mass is 384 g/mol. The molecule has 0 N–H and O–H groups in total. The van der Waals surface area contributed by atoms with E-state index >= 15 is 0 Å². The molecule has 0 aliphatic heterocycles. The molecule has 0 heterocycles. The van der Waals surface area contributed by atoms with Crippen molar-refractivity contribution < 1.29 is 124 Å². The molecule has 0 aliphatic carbocycles. The third-order valence-electron chi connectivity index (χ3n) is 0. The summed E-state index contributed by atoms with van der Waals surface area (Å²) in [6.45, 7) is 38.0. The van der Waals surface area contributed by atoms with Gasteiger partial charge in [0.2, 0.25) is 0 Å². The van der Waals surface area contributed by atoms with Gasteiger partial charge < -0.3 is 94.7 Å². The largest absolute Gasteiger partial charge is 1.00 e. The Hall–Kier alpha value is -0.119. The maximum Gasteiger partial charge on any atom is 1.00 e. The second kappa shape index (κ2) is 360000. The molecule has 0 bridgehead atoms. The van der Waals surface area contributed by atoms with Crippen LogP contribution in [0.4, 0.5) is 0 Å². The van der Waals surface area contributed by atoms with Crippen molar-refractivity contribution >= 4 is 0 Å². The van der Waals surface area contributed by atoms with Crippen LogP contribution in [-0.4, -0.2) is 0 Å². The van der Waals surface area contributed by atoms with Gasteiger partial charge in [-0.3, -0.25) is 0 Å². The number of rotatable bonds is 0. The fourth-order valence-corrected chi connectivity index (χ4v) is 0. The van der Waals surface area contributed by atoms with Crippen LogP contribution in [0.2, 0.25) is 0 Å². The van der Waals surface area contributed by atoms with Crippen LogP contribution in [0.15, 0.2) is 0 Å². The Morgan fingerprint density at radius 1 is 0.263 bits per heavy atom. The first-order chi connectivity index (χ1) is 8.00. The van der Waals surface area contributed by atoms with Gasteiger partial charge in [-0.05, 0) is 0 Å². The summed E-state index contributed by atoms with van der Waals surface area (Å²) >= 11 is 0. The Morgan fingerprint density at radius 2 is 0.263 bits per heavy atom. The number of hydrogen-bond acceptors (Lipinski definition) is 8. The summed E-state index contributed by atoms with van der Waals surface area (Å²) in [5.74, 6) is 0. The van der Waals surface area contributed by atoms with E-state index in [4.69, 9.17) is 94.7 Å². The summed E-state index contributed by atoms with van der Waals surface area (Å²) in [6, 6.07) is 0. The minimum absolute atomic E-state index is 0. The minimum atomic E-state index is 0. The molecule has 0 amide bonds. The van der Waals surface area contributed by atoms with Gasteiger partial charge in [0, 0.05) is 21.1 Å². The Balaban J connectivity index is -0.00000000418. The third kappa shape index (κ3) is 319000. The van der Waals surface area contributed by atoms with Crippen LogP contribution in [0.3, 0.4) is 0 Å². The van der Waals surface area contributed by atoms with Crippen LogP contribution in [0.1, 0.15) is 0 Å². The summed E-state index contributed by atoms with van der Waals surface area (Å²) in [7, 11) is 0. The summed E-state index contributed by atoms with van der Waals surface area (Å²) in [4.78, 5) is 0. The smallest absolute Gasteiger partial charge is 0.512 e. The minimum Gasteiger partial charge on any atom is -0.512 e. The van der Waals surface area contributed by atoms with Crippen molar-refractivity contribution in [3.8, 4) is 0 Å². The summed E-state index contributed by atoms with van der Waals surface area (Å²) < 4.78 is 0. The van der Waals surface area contributed by atoms with Gasteiger partial charge in [0.25, 0.3) is 0 Å². The van der Waals surface area contributed by atoms with Crippen LogP contribution < -0.4 is 103 Å². The molecule has 8 nitrogen and oxygen atoms in total. The average molecular weight is 382 g/mol.